The highest BCUT2D eigenvalue weighted by Crippen LogP contribution is 2.30. The van der Waals surface area contributed by atoms with Gasteiger partial charge in [-0.25, -0.2) is 4.79 Å². The molecule has 27 heavy (non-hydrogen) atoms. The molecule has 3 N–H and O–H groups in total. The Labute approximate surface area is 155 Å². The van der Waals surface area contributed by atoms with Crippen molar-refractivity contribution in [2.75, 3.05) is 13.7 Å². The number of ether oxygens (including phenoxy) is 2. The van der Waals surface area contributed by atoms with E-state index in [4.69, 9.17) is 9.47 Å². The maximum absolute atomic E-state index is 11.7. The second kappa shape index (κ2) is 9.51. The standard InChI is InChI=1S/C18H20N2O7/c1-26-16-8-7-13(9-14(16)20(24)25)17(22)15(21)10-19-18(23)27-11-12-5-3-2-4-6-12/h2-9,15,17,21-22H,10-11H2,1H3,(H,19,23). The molecule has 144 valence electrons. The van der Waals surface area contributed by atoms with Crippen LogP contribution in [0.5, 0.6) is 5.75 Å². The molecule has 9 heteroatoms. The number of amides is 1. The molecule has 0 aliphatic heterocycles. The fourth-order valence-electron chi connectivity index (χ4n) is 2.33. The molecule has 0 aromatic heterocycles. The molecule has 0 bridgehead atoms. The lowest BCUT2D eigenvalue weighted by Crippen LogP contribution is -2.35. The highest BCUT2D eigenvalue weighted by Gasteiger charge is 2.23. The molecule has 0 heterocycles. The van der Waals surface area contributed by atoms with Crippen LogP contribution in [0, 0.1) is 10.1 Å². The minimum Gasteiger partial charge on any atom is -0.490 e. The number of carbonyl (C=O) groups is 1. The van der Waals surface area contributed by atoms with E-state index in [0.717, 1.165) is 11.6 Å². The van der Waals surface area contributed by atoms with Crippen molar-refractivity contribution in [2.24, 2.45) is 0 Å². The molecule has 0 aliphatic carbocycles. The minimum atomic E-state index is -1.44. The fraction of sp³-hybridized carbons (Fsp3) is 0.278. The number of aliphatic hydroxyl groups excluding tert-OH is 2. The summed E-state index contributed by atoms with van der Waals surface area (Å²) in [5, 5.41) is 33.6. The van der Waals surface area contributed by atoms with E-state index in [1.807, 2.05) is 18.2 Å². The van der Waals surface area contributed by atoms with Crippen LogP contribution in [0.3, 0.4) is 0 Å². The average Bonchev–Trinajstić information content (AvgIpc) is 2.70. The molecule has 9 nitrogen and oxygen atoms in total. The second-order valence-electron chi connectivity index (χ2n) is 5.64. The zero-order valence-electron chi connectivity index (χ0n) is 14.6. The predicted octanol–water partition coefficient (Wildman–Crippen LogP) is 1.92. The van der Waals surface area contributed by atoms with E-state index in [9.17, 15) is 25.1 Å². The summed E-state index contributed by atoms with van der Waals surface area (Å²) in [5.74, 6) is 0.0352. The van der Waals surface area contributed by atoms with Gasteiger partial charge in [0.1, 0.15) is 18.8 Å². The summed E-state index contributed by atoms with van der Waals surface area (Å²) >= 11 is 0. The van der Waals surface area contributed by atoms with E-state index < -0.39 is 23.2 Å². The second-order valence-corrected chi connectivity index (χ2v) is 5.64. The third kappa shape index (κ3) is 5.66. The van der Waals surface area contributed by atoms with Crippen LogP contribution in [-0.2, 0) is 11.3 Å². The van der Waals surface area contributed by atoms with E-state index in [1.54, 1.807) is 12.1 Å². The van der Waals surface area contributed by atoms with Crippen molar-refractivity contribution < 1.29 is 29.4 Å². The molecule has 2 atom stereocenters. The molecule has 0 aliphatic rings. The van der Waals surface area contributed by atoms with Crippen LogP contribution >= 0.6 is 0 Å². The summed E-state index contributed by atoms with van der Waals surface area (Å²) in [5.41, 5.74) is 0.588. The SMILES string of the molecule is COc1ccc(C(O)C(O)CNC(=O)OCc2ccccc2)cc1[N+](=O)[O-]. The molecule has 2 aromatic rings. The third-order valence-electron chi connectivity index (χ3n) is 3.77. The first kappa shape index (κ1) is 20.1. The Kier molecular flexibility index (Phi) is 7.09. The average molecular weight is 376 g/mol. The highest BCUT2D eigenvalue weighted by molar-refractivity contribution is 5.67. The number of nitrogens with zero attached hydrogens (tertiary/aromatic N) is 1. The number of hydrogen-bond donors (Lipinski definition) is 3. The molecular formula is C18H20N2O7. The quantitative estimate of drug-likeness (QED) is 0.474. The molecular weight excluding hydrogens is 356 g/mol. The molecule has 1 amide bonds. The number of benzene rings is 2. The topological polar surface area (TPSA) is 131 Å². The van der Waals surface area contributed by atoms with Gasteiger partial charge in [-0.3, -0.25) is 10.1 Å². The van der Waals surface area contributed by atoms with Gasteiger partial charge in [-0.1, -0.05) is 36.4 Å². The molecule has 0 fully saturated rings. The van der Waals surface area contributed by atoms with Crippen molar-refractivity contribution in [3.63, 3.8) is 0 Å². The number of nitrogens with one attached hydrogen (secondary N) is 1. The largest absolute Gasteiger partial charge is 0.490 e. The Morgan fingerprint density at radius 1 is 1.22 bits per heavy atom. The Morgan fingerprint density at radius 2 is 1.93 bits per heavy atom. The summed E-state index contributed by atoms with van der Waals surface area (Å²) < 4.78 is 9.88. The van der Waals surface area contributed by atoms with Crippen molar-refractivity contribution in [1.29, 1.82) is 0 Å². The van der Waals surface area contributed by atoms with Crippen LogP contribution < -0.4 is 10.1 Å². The smallest absolute Gasteiger partial charge is 0.407 e. The predicted molar refractivity (Wildman–Crippen MR) is 95.2 cm³/mol. The number of nitro benzene ring substituents is 1. The summed E-state index contributed by atoms with van der Waals surface area (Å²) in [6.45, 7) is -0.232. The first-order chi connectivity index (χ1) is 12.9. The summed E-state index contributed by atoms with van der Waals surface area (Å²) in [7, 11) is 1.29. The van der Waals surface area contributed by atoms with Crippen LogP contribution in [-0.4, -0.2) is 41.0 Å². The number of methoxy groups -OCH3 is 1. The molecule has 2 unspecified atom stereocenters. The molecule has 0 saturated heterocycles. The van der Waals surface area contributed by atoms with E-state index in [0.29, 0.717) is 0 Å². The van der Waals surface area contributed by atoms with Gasteiger partial charge in [-0.15, -0.1) is 0 Å². The summed E-state index contributed by atoms with van der Waals surface area (Å²) in [6, 6.07) is 12.9. The van der Waals surface area contributed by atoms with Crippen LogP contribution in [0.1, 0.15) is 17.2 Å². The molecule has 0 saturated carbocycles. The Bertz CT molecular complexity index is 783. The summed E-state index contributed by atoms with van der Waals surface area (Å²) in [6.07, 6.45) is -3.59. The number of alkyl carbamates (subject to hydrolysis) is 1. The van der Waals surface area contributed by atoms with E-state index in [2.05, 4.69) is 5.32 Å². The van der Waals surface area contributed by atoms with Gasteiger partial charge >= 0.3 is 11.8 Å². The Morgan fingerprint density at radius 3 is 2.56 bits per heavy atom. The van der Waals surface area contributed by atoms with Gasteiger partial charge in [0.25, 0.3) is 0 Å². The number of nitro groups is 1. The third-order valence-corrected chi connectivity index (χ3v) is 3.77. The fourth-order valence-corrected chi connectivity index (χ4v) is 2.33. The number of carbonyl (C=O) groups excluding carboxylic acids is 1. The van der Waals surface area contributed by atoms with Crippen LogP contribution in [0.4, 0.5) is 10.5 Å². The maximum Gasteiger partial charge on any atom is 0.407 e. The monoisotopic (exact) mass is 376 g/mol. The molecule has 0 radical (unpaired) electrons. The van der Waals surface area contributed by atoms with Crippen molar-refractivity contribution in [1.82, 2.24) is 5.32 Å². The van der Waals surface area contributed by atoms with Gasteiger partial charge in [-0.05, 0) is 17.2 Å². The lowest BCUT2D eigenvalue weighted by Gasteiger charge is -2.19. The van der Waals surface area contributed by atoms with Gasteiger partial charge in [0.2, 0.25) is 0 Å². The van der Waals surface area contributed by atoms with E-state index in [-0.39, 0.29) is 30.2 Å². The lowest BCUT2D eigenvalue weighted by atomic mass is 10.0. The molecule has 2 aromatic carbocycles. The summed E-state index contributed by atoms with van der Waals surface area (Å²) in [4.78, 5) is 22.1. The van der Waals surface area contributed by atoms with Gasteiger partial charge in [0, 0.05) is 12.6 Å². The van der Waals surface area contributed by atoms with E-state index in [1.165, 1.54) is 19.2 Å². The first-order valence-corrected chi connectivity index (χ1v) is 8.05. The van der Waals surface area contributed by atoms with Crippen LogP contribution in [0.25, 0.3) is 0 Å². The van der Waals surface area contributed by atoms with Crippen molar-refractivity contribution in [3.8, 4) is 5.75 Å². The van der Waals surface area contributed by atoms with Crippen LogP contribution in [0.2, 0.25) is 0 Å². The van der Waals surface area contributed by atoms with Crippen molar-refractivity contribution in [3.05, 3.63) is 69.8 Å². The number of hydrogen-bond acceptors (Lipinski definition) is 7. The van der Waals surface area contributed by atoms with Crippen molar-refractivity contribution >= 4 is 11.8 Å². The number of rotatable bonds is 8. The van der Waals surface area contributed by atoms with E-state index >= 15 is 0 Å². The zero-order valence-corrected chi connectivity index (χ0v) is 14.6. The normalized spacial score (nSPS) is 12.7. The zero-order chi connectivity index (χ0) is 19.8. The van der Waals surface area contributed by atoms with Gasteiger partial charge < -0.3 is 25.0 Å². The van der Waals surface area contributed by atoms with Crippen LogP contribution in [0.15, 0.2) is 48.5 Å². The highest BCUT2D eigenvalue weighted by atomic mass is 16.6. The lowest BCUT2D eigenvalue weighted by molar-refractivity contribution is -0.385. The van der Waals surface area contributed by atoms with Gasteiger partial charge in [0.15, 0.2) is 5.75 Å². The maximum atomic E-state index is 11.7. The number of aliphatic hydroxyl groups is 2. The van der Waals surface area contributed by atoms with Crippen molar-refractivity contribution in [2.45, 2.75) is 18.8 Å². The molecule has 2 rings (SSSR count). The van der Waals surface area contributed by atoms with Gasteiger partial charge in [0.05, 0.1) is 12.0 Å². The molecule has 0 spiro atoms. The first-order valence-electron chi connectivity index (χ1n) is 8.05. The Hall–Kier alpha value is -3.17. The Balaban J connectivity index is 1.89. The minimum absolute atomic E-state index is 0.0352. The van der Waals surface area contributed by atoms with Gasteiger partial charge in [-0.2, -0.15) is 0 Å².